The number of H-pyrrole nitrogens is 1. The highest BCUT2D eigenvalue weighted by atomic mass is 35.5. The second kappa shape index (κ2) is 3.47. The maximum absolute atomic E-state index is 11.4. The lowest BCUT2D eigenvalue weighted by Crippen LogP contribution is -2.00. The number of ether oxygens (including phenoxy) is 1. The Bertz CT molecular complexity index is 533. The molecule has 0 bridgehead atoms. The number of rotatable bonds is 1. The summed E-state index contributed by atoms with van der Waals surface area (Å²) in [5.74, 6) is -0.458. The van der Waals surface area contributed by atoms with Gasteiger partial charge in [0.25, 0.3) is 0 Å². The molecule has 0 saturated heterocycles. The highest BCUT2D eigenvalue weighted by molar-refractivity contribution is 6.34. The fourth-order valence-corrected chi connectivity index (χ4v) is 1.73. The maximum atomic E-state index is 11.4. The van der Waals surface area contributed by atoms with E-state index in [0.29, 0.717) is 10.9 Å². The number of fused-ring (bicyclic) bond motifs is 1. The summed E-state index contributed by atoms with van der Waals surface area (Å²) in [5.41, 5.74) is 0.920. The minimum absolute atomic E-state index is 0.0725. The molecule has 0 radical (unpaired) electrons. The van der Waals surface area contributed by atoms with Crippen LogP contribution in [-0.4, -0.2) is 23.2 Å². The summed E-state index contributed by atoms with van der Waals surface area (Å²) in [6.07, 6.45) is 0. The summed E-state index contributed by atoms with van der Waals surface area (Å²) in [7, 11) is 1.28. The zero-order chi connectivity index (χ0) is 11.0. The minimum Gasteiger partial charge on any atom is -0.508 e. The number of hydrogen-bond acceptors (Lipinski definition) is 3. The molecular formula is C10H8ClNO3. The van der Waals surface area contributed by atoms with Crippen molar-refractivity contribution in [2.75, 3.05) is 7.11 Å². The molecule has 5 heteroatoms. The van der Waals surface area contributed by atoms with Crippen LogP contribution in [0.4, 0.5) is 0 Å². The van der Waals surface area contributed by atoms with Gasteiger partial charge in [0, 0.05) is 10.9 Å². The van der Waals surface area contributed by atoms with Gasteiger partial charge in [0.15, 0.2) is 0 Å². The van der Waals surface area contributed by atoms with Crippen molar-refractivity contribution >= 4 is 28.5 Å². The number of halogens is 1. The molecule has 0 amide bonds. The lowest BCUT2D eigenvalue weighted by molar-refractivity contribution is 0.0603. The van der Waals surface area contributed by atoms with Gasteiger partial charge in [-0.2, -0.15) is 0 Å². The Labute approximate surface area is 90.4 Å². The standard InChI is InChI=1S/C10H8ClNO3/c1-15-10(14)8-6-4-5(13)2-3-7(6)12-9(8)11/h2-4,12-13H,1H3. The van der Waals surface area contributed by atoms with Gasteiger partial charge >= 0.3 is 5.97 Å². The molecule has 2 N–H and O–H groups in total. The quantitative estimate of drug-likeness (QED) is 0.732. The molecule has 0 fully saturated rings. The van der Waals surface area contributed by atoms with E-state index in [4.69, 9.17) is 11.6 Å². The SMILES string of the molecule is COC(=O)c1c(Cl)[nH]c2ccc(O)cc12. The largest absolute Gasteiger partial charge is 0.508 e. The highest BCUT2D eigenvalue weighted by Gasteiger charge is 2.17. The molecular weight excluding hydrogens is 218 g/mol. The van der Waals surface area contributed by atoms with Crippen molar-refractivity contribution in [2.45, 2.75) is 0 Å². The molecule has 0 unspecified atom stereocenters. The number of aromatic nitrogens is 1. The molecule has 1 heterocycles. The number of aromatic amines is 1. The third-order valence-corrected chi connectivity index (χ3v) is 2.41. The first-order chi connectivity index (χ1) is 7.13. The summed E-state index contributed by atoms with van der Waals surface area (Å²) < 4.78 is 4.60. The number of aromatic hydroxyl groups is 1. The second-order valence-corrected chi connectivity index (χ2v) is 3.41. The predicted octanol–water partition coefficient (Wildman–Crippen LogP) is 2.31. The van der Waals surface area contributed by atoms with Crippen molar-refractivity contribution in [1.29, 1.82) is 0 Å². The number of benzene rings is 1. The van der Waals surface area contributed by atoms with Gasteiger partial charge in [0.05, 0.1) is 7.11 Å². The third-order valence-electron chi connectivity index (χ3n) is 2.13. The molecule has 1 aromatic heterocycles. The van der Waals surface area contributed by atoms with Gasteiger partial charge in [0.2, 0.25) is 0 Å². The number of carbonyl (C=O) groups excluding carboxylic acids is 1. The third kappa shape index (κ3) is 1.53. The second-order valence-electron chi connectivity index (χ2n) is 3.04. The number of carbonyl (C=O) groups is 1. The fourth-order valence-electron chi connectivity index (χ4n) is 1.45. The Kier molecular flexibility index (Phi) is 2.28. The average molecular weight is 226 g/mol. The van der Waals surface area contributed by atoms with Crippen molar-refractivity contribution in [3.63, 3.8) is 0 Å². The first kappa shape index (κ1) is 9.86. The topological polar surface area (TPSA) is 62.3 Å². The van der Waals surface area contributed by atoms with Crippen LogP contribution in [0.3, 0.4) is 0 Å². The number of esters is 1. The van der Waals surface area contributed by atoms with E-state index in [1.807, 2.05) is 0 Å². The van der Waals surface area contributed by atoms with Crippen molar-refractivity contribution < 1.29 is 14.6 Å². The van der Waals surface area contributed by atoms with Crippen LogP contribution in [0.1, 0.15) is 10.4 Å². The molecule has 2 rings (SSSR count). The van der Waals surface area contributed by atoms with Crippen LogP contribution in [0.5, 0.6) is 5.75 Å². The van der Waals surface area contributed by atoms with Gasteiger partial charge < -0.3 is 14.8 Å². The number of phenols is 1. The van der Waals surface area contributed by atoms with E-state index < -0.39 is 5.97 Å². The van der Waals surface area contributed by atoms with Gasteiger partial charge in [-0.3, -0.25) is 0 Å². The number of phenolic OH excluding ortho intramolecular Hbond substituents is 1. The monoisotopic (exact) mass is 225 g/mol. The van der Waals surface area contributed by atoms with Gasteiger partial charge in [-0.1, -0.05) is 11.6 Å². The van der Waals surface area contributed by atoms with Crippen LogP contribution < -0.4 is 0 Å². The number of nitrogens with one attached hydrogen (secondary N) is 1. The maximum Gasteiger partial charge on any atom is 0.341 e. The minimum atomic E-state index is -0.531. The zero-order valence-electron chi connectivity index (χ0n) is 7.87. The molecule has 0 spiro atoms. The lowest BCUT2D eigenvalue weighted by Gasteiger charge is -1.97. The van der Waals surface area contributed by atoms with Crippen LogP contribution in [0.25, 0.3) is 10.9 Å². The zero-order valence-corrected chi connectivity index (χ0v) is 8.63. The van der Waals surface area contributed by atoms with Crippen molar-refractivity contribution in [2.24, 2.45) is 0 Å². The normalized spacial score (nSPS) is 10.5. The van der Waals surface area contributed by atoms with Gasteiger partial charge in [-0.05, 0) is 18.2 Å². The fraction of sp³-hybridized carbons (Fsp3) is 0.100. The smallest absolute Gasteiger partial charge is 0.341 e. The van der Waals surface area contributed by atoms with Crippen LogP contribution in [-0.2, 0) is 4.74 Å². The summed E-state index contributed by atoms with van der Waals surface area (Å²) in [6, 6.07) is 4.61. The molecule has 0 aliphatic rings. The summed E-state index contributed by atoms with van der Waals surface area (Å²) in [5, 5.41) is 10.1. The molecule has 0 saturated carbocycles. The predicted molar refractivity (Wildman–Crippen MR) is 56.3 cm³/mol. The van der Waals surface area contributed by atoms with E-state index in [9.17, 15) is 9.90 Å². The van der Waals surface area contributed by atoms with Crippen molar-refractivity contribution in [3.05, 3.63) is 28.9 Å². The molecule has 0 aliphatic heterocycles. The van der Waals surface area contributed by atoms with E-state index in [1.165, 1.54) is 19.2 Å². The molecule has 78 valence electrons. The first-order valence-electron chi connectivity index (χ1n) is 4.22. The summed E-state index contributed by atoms with van der Waals surface area (Å²) >= 11 is 5.86. The Balaban J connectivity index is 2.76. The van der Waals surface area contributed by atoms with Crippen LogP contribution in [0.15, 0.2) is 18.2 Å². The molecule has 1 aromatic carbocycles. The van der Waals surface area contributed by atoms with E-state index >= 15 is 0 Å². The number of methoxy groups -OCH3 is 1. The van der Waals surface area contributed by atoms with E-state index in [2.05, 4.69) is 9.72 Å². The van der Waals surface area contributed by atoms with E-state index in [-0.39, 0.29) is 16.5 Å². The van der Waals surface area contributed by atoms with E-state index in [1.54, 1.807) is 6.07 Å². The van der Waals surface area contributed by atoms with Gasteiger partial charge in [0.1, 0.15) is 16.5 Å². The van der Waals surface area contributed by atoms with Crippen molar-refractivity contribution in [3.8, 4) is 5.75 Å². The van der Waals surface area contributed by atoms with Crippen molar-refractivity contribution in [1.82, 2.24) is 4.98 Å². The molecule has 2 aromatic rings. The molecule has 0 atom stereocenters. The van der Waals surface area contributed by atoms with Gasteiger partial charge in [-0.25, -0.2) is 4.79 Å². The Morgan fingerprint density at radius 3 is 2.93 bits per heavy atom. The molecule has 15 heavy (non-hydrogen) atoms. The summed E-state index contributed by atoms with van der Waals surface area (Å²) in [6.45, 7) is 0. The Morgan fingerprint density at radius 1 is 1.53 bits per heavy atom. The van der Waals surface area contributed by atoms with Crippen LogP contribution in [0.2, 0.25) is 5.15 Å². The molecule has 0 aliphatic carbocycles. The van der Waals surface area contributed by atoms with Crippen LogP contribution >= 0.6 is 11.6 Å². The Morgan fingerprint density at radius 2 is 2.27 bits per heavy atom. The number of hydrogen-bond donors (Lipinski definition) is 2. The lowest BCUT2D eigenvalue weighted by atomic mass is 10.1. The highest BCUT2D eigenvalue weighted by Crippen LogP contribution is 2.29. The van der Waals surface area contributed by atoms with Crippen LogP contribution in [0, 0.1) is 0 Å². The Hall–Kier alpha value is -1.68. The first-order valence-corrected chi connectivity index (χ1v) is 4.60. The molecule has 4 nitrogen and oxygen atoms in total. The average Bonchev–Trinajstić information content (AvgIpc) is 2.52. The van der Waals surface area contributed by atoms with Gasteiger partial charge in [-0.15, -0.1) is 0 Å². The summed E-state index contributed by atoms with van der Waals surface area (Å²) in [4.78, 5) is 14.2. The van der Waals surface area contributed by atoms with E-state index in [0.717, 1.165) is 0 Å².